The van der Waals surface area contributed by atoms with E-state index in [1.807, 2.05) is 0 Å². The van der Waals surface area contributed by atoms with Crippen LogP contribution in [-0.2, 0) is 4.74 Å². The molecule has 0 amide bonds. The van der Waals surface area contributed by atoms with Crippen LogP contribution in [0.1, 0.15) is 32.6 Å². The Morgan fingerprint density at radius 1 is 1.70 bits per heavy atom. The van der Waals surface area contributed by atoms with Crippen LogP contribution in [0.15, 0.2) is 4.99 Å². The van der Waals surface area contributed by atoms with Crippen molar-refractivity contribution in [3.05, 3.63) is 0 Å². The normalized spacial score (nSPS) is 25.8. The molecule has 1 unspecified atom stereocenters. The van der Waals surface area contributed by atoms with Gasteiger partial charge in [-0.05, 0) is 19.3 Å². The van der Waals surface area contributed by atoms with Crippen molar-refractivity contribution in [3.63, 3.8) is 0 Å². The van der Waals surface area contributed by atoms with Gasteiger partial charge in [0.2, 0.25) is 0 Å². The summed E-state index contributed by atoms with van der Waals surface area (Å²) < 4.78 is 5.07. The molecule has 0 bridgehead atoms. The fourth-order valence-corrected chi connectivity index (χ4v) is 1.27. The van der Waals surface area contributed by atoms with Gasteiger partial charge in [0.25, 0.3) is 0 Å². The topological polar surface area (TPSA) is 21.6 Å². The van der Waals surface area contributed by atoms with E-state index in [0.29, 0.717) is 6.04 Å². The SMILES string of the molecule is CCC1CCCC(OC)=N1. The van der Waals surface area contributed by atoms with E-state index in [9.17, 15) is 0 Å². The Bertz CT molecular complexity index is 131. The zero-order valence-corrected chi connectivity index (χ0v) is 6.76. The number of aliphatic imine (C=N–C) groups is 1. The van der Waals surface area contributed by atoms with Gasteiger partial charge in [-0.3, -0.25) is 4.99 Å². The highest BCUT2D eigenvalue weighted by Crippen LogP contribution is 2.15. The largest absolute Gasteiger partial charge is 0.484 e. The summed E-state index contributed by atoms with van der Waals surface area (Å²) in [6.45, 7) is 2.17. The molecule has 0 fully saturated rings. The standard InChI is InChI=1S/C8H15NO/c1-3-7-5-4-6-8(9-7)10-2/h7H,3-6H2,1-2H3. The molecule has 1 aliphatic heterocycles. The lowest BCUT2D eigenvalue weighted by molar-refractivity contribution is 0.365. The first kappa shape index (κ1) is 7.58. The van der Waals surface area contributed by atoms with Crippen molar-refractivity contribution in [1.82, 2.24) is 0 Å². The molecule has 1 aliphatic rings. The Morgan fingerprint density at radius 2 is 2.50 bits per heavy atom. The minimum atomic E-state index is 0.531. The average molecular weight is 141 g/mol. The molecule has 58 valence electrons. The van der Waals surface area contributed by atoms with Gasteiger partial charge in [0.05, 0.1) is 13.2 Å². The van der Waals surface area contributed by atoms with E-state index in [-0.39, 0.29) is 0 Å². The van der Waals surface area contributed by atoms with Crippen molar-refractivity contribution >= 4 is 5.90 Å². The predicted octanol–water partition coefficient (Wildman–Crippen LogP) is 1.99. The van der Waals surface area contributed by atoms with Crippen LogP contribution >= 0.6 is 0 Å². The summed E-state index contributed by atoms with van der Waals surface area (Å²) in [6, 6.07) is 0.531. The second-order valence-corrected chi connectivity index (χ2v) is 2.68. The van der Waals surface area contributed by atoms with Gasteiger partial charge >= 0.3 is 0 Å². The van der Waals surface area contributed by atoms with Gasteiger partial charge in [-0.15, -0.1) is 0 Å². The van der Waals surface area contributed by atoms with Gasteiger partial charge in [-0.1, -0.05) is 6.92 Å². The third-order valence-corrected chi connectivity index (χ3v) is 1.96. The van der Waals surface area contributed by atoms with Crippen molar-refractivity contribution in [2.45, 2.75) is 38.6 Å². The van der Waals surface area contributed by atoms with Crippen LogP contribution in [-0.4, -0.2) is 19.0 Å². The molecular weight excluding hydrogens is 126 g/mol. The van der Waals surface area contributed by atoms with Crippen molar-refractivity contribution in [2.75, 3.05) is 7.11 Å². The third-order valence-electron chi connectivity index (χ3n) is 1.96. The molecule has 0 aromatic rings. The van der Waals surface area contributed by atoms with E-state index in [2.05, 4.69) is 11.9 Å². The molecule has 0 saturated carbocycles. The van der Waals surface area contributed by atoms with Gasteiger partial charge in [0.1, 0.15) is 0 Å². The Morgan fingerprint density at radius 3 is 3.10 bits per heavy atom. The van der Waals surface area contributed by atoms with Gasteiger partial charge < -0.3 is 4.74 Å². The number of ether oxygens (including phenoxy) is 1. The summed E-state index contributed by atoms with van der Waals surface area (Å²) in [5, 5.41) is 0. The van der Waals surface area contributed by atoms with E-state index in [1.54, 1.807) is 7.11 Å². The summed E-state index contributed by atoms with van der Waals surface area (Å²) in [5.74, 6) is 0.943. The van der Waals surface area contributed by atoms with Crippen LogP contribution in [0.4, 0.5) is 0 Å². The Balaban J connectivity index is 2.48. The first-order valence-corrected chi connectivity index (χ1v) is 3.97. The first-order valence-electron chi connectivity index (χ1n) is 3.97. The van der Waals surface area contributed by atoms with Crippen LogP contribution in [0.2, 0.25) is 0 Å². The monoisotopic (exact) mass is 141 g/mol. The minimum Gasteiger partial charge on any atom is -0.484 e. The maximum absolute atomic E-state index is 5.07. The zero-order chi connectivity index (χ0) is 7.40. The molecule has 0 spiro atoms. The van der Waals surface area contributed by atoms with Crippen LogP contribution in [0.5, 0.6) is 0 Å². The molecule has 0 aromatic heterocycles. The molecule has 0 aliphatic carbocycles. The Kier molecular flexibility index (Phi) is 2.72. The van der Waals surface area contributed by atoms with E-state index in [4.69, 9.17) is 4.74 Å². The second kappa shape index (κ2) is 3.59. The summed E-state index contributed by atoms with van der Waals surface area (Å²) in [6.07, 6.45) is 4.66. The highest BCUT2D eigenvalue weighted by Gasteiger charge is 2.12. The van der Waals surface area contributed by atoms with Crippen LogP contribution in [0.3, 0.4) is 0 Å². The van der Waals surface area contributed by atoms with Crippen LogP contribution in [0, 0.1) is 0 Å². The molecule has 2 heteroatoms. The fourth-order valence-electron chi connectivity index (χ4n) is 1.27. The number of hydrogen-bond donors (Lipinski definition) is 0. The van der Waals surface area contributed by atoms with E-state index in [1.165, 1.54) is 12.8 Å². The zero-order valence-electron chi connectivity index (χ0n) is 6.76. The molecule has 0 aromatic carbocycles. The van der Waals surface area contributed by atoms with Gasteiger partial charge in [-0.2, -0.15) is 0 Å². The number of hydrogen-bond acceptors (Lipinski definition) is 2. The van der Waals surface area contributed by atoms with Gasteiger partial charge in [-0.25, -0.2) is 0 Å². The molecule has 10 heavy (non-hydrogen) atoms. The molecule has 0 radical (unpaired) electrons. The molecule has 0 N–H and O–H groups in total. The Hall–Kier alpha value is -0.530. The molecule has 1 atom stereocenters. The lowest BCUT2D eigenvalue weighted by atomic mass is 10.0. The maximum atomic E-state index is 5.07. The lowest BCUT2D eigenvalue weighted by Gasteiger charge is -2.17. The predicted molar refractivity (Wildman–Crippen MR) is 42.4 cm³/mol. The van der Waals surface area contributed by atoms with Crippen LogP contribution in [0.25, 0.3) is 0 Å². The summed E-state index contributed by atoms with van der Waals surface area (Å²) in [4.78, 5) is 4.41. The van der Waals surface area contributed by atoms with E-state index >= 15 is 0 Å². The number of rotatable bonds is 1. The van der Waals surface area contributed by atoms with Crippen molar-refractivity contribution in [1.29, 1.82) is 0 Å². The van der Waals surface area contributed by atoms with Crippen molar-refractivity contribution in [3.8, 4) is 0 Å². The molecule has 1 rings (SSSR count). The number of nitrogens with zero attached hydrogens (tertiary/aromatic N) is 1. The third kappa shape index (κ3) is 1.72. The fraction of sp³-hybridized carbons (Fsp3) is 0.875. The molecular formula is C8H15NO. The van der Waals surface area contributed by atoms with Crippen molar-refractivity contribution in [2.24, 2.45) is 4.99 Å². The van der Waals surface area contributed by atoms with E-state index < -0.39 is 0 Å². The first-order chi connectivity index (χ1) is 4.86. The summed E-state index contributed by atoms with van der Waals surface area (Å²) >= 11 is 0. The highest BCUT2D eigenvalue weighted by atomic mass is 16.5. The summed E-state index contributed by atoms with van der Waals surface area (Å²) in [5.41, 5.74) is 0. The Labute approximate surface area is 62.3 Å². The van der Waals surface area contributed by atoms with E-state index in [0.717, 1.165) is 18.7 Å². The maximum Gasteiger partial charge on any atom is 0.183 e. The van der Waals surface area contributed by atoms with Gasteiger partial charge in [0.15, 0.2) is 5.90 Å². The minimum absolute atomic E-state index is 0.531. The lowest BCUT2D eigenvalue weighted by Crippen LogP contribution is -2.15. The number of methoxy groups -OCH3 is 1. The van der Waals surface area contributed by atoms with Gasteiger partial charge in [0, 0.05) is 6.42 Å². The quantitative estimate of drug-likeness (QED) is 0.547. The molecule has 1 heterocycles. The second-order valence-electron chi connectivity index (χ2n) is 2.68. The van der Waals surface area contributed by atoms with Crippen molar-refractivity contribution < 1.29 is 4.74 Å². The van der Waals surface area contributed by atoms with Crippen LogP contribution < -0.4 is 0 Å². The molecule has 2 nitrogen and oxygen atoms in total. The average Bonchev–Trinajstić information content (AvgIpc) is 2.05. The summed E-state index contributed by atoms with van der Waals surface area (Å²) in [7, 11) is 1.71. The smallest absolute Gasteiger partial charge is 0.183 e. The highest BCUT2D eigenvalue weighted by molar-refractivity contribution is 5.76. The molecule has 0 saturated heterocycles.